The van der Waals surface area contributed by atoms with E-state index in [0.717, 1.165) is 19.3 Å². The first-order chi connectivity index (χ1) is 8.83. The monoisotopic (exact) mass is 269 g/mol. The molecule has 4 heteroatoms. The van der Waals surface area contributed by atoms with Gasteiger partial charge in [0.05, 0.1) is 6.61 Å². The van der Waals surface area contributed by atoms with Crippen LogP contribution in [0.25, 0.3) is 0 Å². The summed E-state index contributed by atoms with van der Waals surface area (Å²) in [7, 11) is 0. The first kappa shape index (κ1) is 15.2. The minimum atomic E-state index is -0.00215. The predicted molar refractivity (Wildman–Crippen MR) is 75.5 cm³/mol. The van der Waals surface area contributed by atoms with Gasteiger partial charge in [0.2, 0.25) is 5.91 Å². The molecule has 0 saturated carbocycles. The fourth-order valence-electron chi connectivity index (χ4n) is 1.68. The molecule has 1 N–H and O–H groups in total. The highest BCUT2D eigenvalue weighted by Gasteiger charge is 2.01. The summed E-state index contributed by atoms with van der Waals surface area (Å²) in [6.45, 7) is 2.73. The summed E-state index contributed by atoms with van der Waals surface area (Å²) in [6.07, 6.45) is 7.24. The van der Waals surface area contributed by atoms with Crippen LogP contribution in [0.1, 0.15) is 50.3 Å². The van der Waals surface area contributed by atoms with Crippen molar-refractivity contribution in [1.29, 1.82) is 0 Å². The topological polar surface area (TPSA) is 38.3 Å². The van der Waals surface area contributed by atoms with E-state index >= 15 is 0 Å². The van der Waals surface area contributed by atoms with Crippen molar-refractivity contribution >= 4 is 17.2 Å². The average molecular weight is 269 g/mol. The standard InChI is InChI=1S/C14H23NO2S/c1-2-3-4-5-6-9-14(16)15-17-11-10-13-8-7-12-18-13/h7-8,12H,2-6,9-11H2,1H3,(H,15,16). The van der Waals surface area contributed by atoms with Crippen LogP contribution in [0.5, 0.6) is 0 Å². The van der Waals surface area contributed by atoms with E-state index in [0.29, 0.717) is 13.0 Å². The van der Waals surface area contributed by atoms with Gasteiger partial charge in [-0.2, -0.15) is 0 Å². The smallest absolute Gasteiger partial charge is 0.243 e. The Morgan fingerprint density at radius 3 is 2.89 bits per heavy atom. The molecule has 18 heavy (non-hydrogen) atoms. The molecule has 0 aliphatic rings. The minimum absolute atomic E-state index is 0.00215. The first-order valence-corrected chi connectivity index (χ1v) is 7.64. The highest BCUT2D eigenvalue weighted by molar-refractivity contribution is 7.09. The lowest BCUT2D eigenvalue weighted by Gasteiger charge is -2.05. The van der Waals surface area contributed by atoms with E-state index in [1.54, 1.807) is 11.3 Å². The van der Waals surface area contributed by atoms with Crippen molar-refractivity contribution in [3.05, 3.63) is 22.4 Å². The molecule has 3 nitrogen and oxygen atoms in total. The summed E-state index contributed by atoms with van der Waals surface area (Å²) >= 11 is 1.71. The summed E-state index contributed by atoms with van der Waals surface area (Å²) in [6, 6.07) is 4.10. The fraction of sp³-hybridized carbons (Fsp3) is 0.643. The third kappa shape index (κ3) is 7.45. The number of nitrogens with one attached hydrogen (secondary N) is 1. The third-order valence-corrected chi connectivity index (χ3v) is 3.66. The second kappa shape index (κ2) is 10.1. The molecule has 0 aliphatic carbocycles. The van der Waals surface area contributed by atoms with Crippen molar-refractivity contribution in [2.75, 3.05) is 6.61 Å². The van der Waals surface area contributed by atoms with E-state index in [1.165, 1.54) is 24.1 Å². The maximum absolute atomic E-state index is 11.4. The molecule has 0 radical (unpaired) electrons. The largest absolute Gasteiger partial charge is 0.273 e. The van der Waals surface area contributed by atoms with Gasteiger partial charge in [0.25, 0.3) is 0 Å². The number of carbonyl (C=O) groups excluding carboxylic acids is 1. The molecule has 0 spiro atoms. The normalized spacial score (nSPS) is 10.5. The number of thiophene rings is 1. The van der Waals surface area contributed by atoms with Crippen LogP contribution in [0, 0.1) is 0 Å². The second-order valence-electron chi connectivity index (χ2n) is 4.37. The Balaban J connectivity index is 1.90. The van der Waals surface area contributed by atoms with Gasteiger partial charge in [-0.1, -0.05) is 38.7 Å². The van der Waals surface area contributed by atoms with Gasteiger partial charge in [0.1, 0.15) is 0 Å². The average Bonchev–Trinajstić information content (AvgIpc) is 2.87. The lowest BCUT2D eigenvalue weighted by atomic mass is 10.1. The molecule has 1 aromatic rings. The van der Waals surface area contributed by atoms with Gasteiger partial charge in [-0.3, -0.25) is 9.63 Å². The van der Waals surface area contributed by atoms with E-state index in [4.69, 9.17) is 4.84 Å². The first-order valence-electron chi connectivity index (χ1n) is 6.76. The van der Waals surface area contributed by atoms with Crippen LogP contribution in [0.15, 0.2) is 17.5 Å². The molecule has 1 heterocycles. The molecule has 102 valence electrons. The summed E-state index contributed by atoms with van der Waals surface area (Å²) in [4.78, 5) is 17.8. The second-order valence-corrected chi connectivity index (χ2v) is 5.40. The maximum atomic E-state index is 11.4. The van der Waals surface area contributed by atoms with E-state index in [2.05, 4.69) is 18.5 Å². The van der Waals surface area contributed by atoms with Gasteiger partial charge in [0.15, 0.2) is 0 Å². The van der Waals surface area contributed by atoms with Crippen molar-refractivity contribution in [3.8, 4) is 0 Å². The summed E-state index contributed by atoms with van der Waals surface area (Å²) < 4.78 is 0. The molecular weight excluding hydrogens is 246 g/mol. The zero-order valence-electron chi connectivity index (χ0n) is 11.1. The number of amides is 1. The molecule has 1 aromatic heterocycles. The van der Waals surface area contributed by atoms with Gasteiger partial charge in [-0.25, -0.2) is 5.48 Å². The van der Waals surface area contributed by atoms with Crippen LogP contribution < -0.4 is 5.48 Å². The minimum Gasteiger partial charge on any atom is -0.273 e. The Labute approximate surface area is 114 Å². The number of hydrogen-bond acceptors (Lipinski definition) is 3. The van der Waals surface area contributed by atoms with Crippen LogP contribution in [-0.4, -0.2) is 12.5 Å². The number of hydrogen-bond donors (Lipinski definition) is 1. The Morgan fingerprint density at radius 1 is 1.33 bits per heavy atom. The van der Waals surface area contributed by atoms with Crippen LogP contribution in [-0.2, 0) is 16.1 Å². The molecule has 1 rings (SSSR count). The Morgan fingerprint density at radius 2 is 2.17 bits per heavy atom. The van der Waals surface area contributed by atoms with Crippen molar-refractivity contribution < 1.29 is 9.63 Å². The quantitative estimate of drug-likeness (QED) is 0.519. The number of rotatable bonds is 10. The molecule has 0 bridgehead atoms. The van der Waals surface area contributed by atoms with Gasteiger partial charge in [0, 0.05) is 17.7 Å². The SMILES string of the molecule is CCCCCCCC(=O)NOCCc1cccs1. The van der Waals surface area contributed by atoms with Crippen molar-refractivity contribution in [1.82, 2.24) is 5.48 Å². The fourth-order valence-corrected chi connectivity index (χ4v) is 2.37. The highest BCUT2D eigenvalue weighted by Crippen LogP contribution is 2.08. The van der Waals surface area contributed by atoms with E-state index < -0.39 is 0 Å². The lowest BCUT2D eigenvalue weighted by Crippen LogP contribution is -2.24. The zero-order chi connectivity index (χ0) is 13.1. The lowest BCUT2D eigenvalue weighted by molar-refractivity contribution is -0.133. The maximum Gasteiger partial charge on any atom is 0.243 e. The number of carbonyl (C=O) groups is 1. The van der Waals surface area contributed by atoms with Crippen LogP contribution in [0.2, 0.25) is 0 Å². The van der Waals surface area contributed by atoms with Gasteiger partial charge < -0.3 is 0 Å². The molecule has 0 aliphatic heterocycles. The van der Waals surface area contributed by atoms with Gasteiger partial charge in [-0.05, 0) is 17.9 Å². The molecule has 0 saturated heterocycles. The number of unbranched alkanes of at least 4 members (excludes halogenated alkanes) is 4. The van der Waals surface area contributed by atoms with Crippen molar-refractivity contribution in [2.45, 2.75) is 51.9 Å². The zero-order valence-corrected chi connectivity index (χ0v) is 11.9. The molecule has 1 amide bonds. The van der Waals surface area contributed by atoms with Crippen molar-refractivity contribution in [3.63, 3.8) is 0 Å². The van der Waals surface area contributed by atoms with Crippen LogP contribution in [0.3, 0.4) is 0 Å². The van der Waals surface area contributed by atoms with Crippen LogP contribution in [0.4, 0.5) is 0 Å². The summed E-state index contributed by atoms with van der Waals surface area (Å²) in [5.74, 6) is -0.00215. The molecular formula is C14H23NO2S. The van der Waals surface area contributed by atoms with E-state index in [-0.39, 0.29) is 5.91 Å². The van der Waals surface area contributed by atoms with Crippen LogP contribution >= 0.6 is 11.3 Å². The molecule has 0 aromatic carbocycles. The Hall–Kier alpha value is -0.870. The molecule has 0 atom stereocenters. The number of hydroxylamine groups is 1. The predicted octanol–water partition coefficient (Wildman–Crippen LogP) is 3.70. The van der Waals surface area contributed by atoms with Gasteiger partial charge >= 0.3 is 0 Å². The third-order valence-electron chi connectivity index (χ3n) is 2.72. The van der Waals surface area contributed by atoms with E-state index in [9.17, 15) is 4.79 Å². The van der Waals surface area contributed by atoms with Gasteiger partial charge in [-0.15, -0.1) is 11.3 Å². The Bertz CT molecular complexity index is 312. The summed E-state index contributed by atoms with van der Waals surface area (Å²) in [5.41, 5.74) is 2.50. The van der Waals surface area contributed by atoms with E-state index in [1.807, 2.05) is 11.4 Å². The molecule has 0 fully saturated rings. The van der Waals surface area contributed by atoms with Crippen molar-refractivity contribution in [2.24, 2.45) is 0 Å². The molecule has 0 unspecified atom stereocenters. The Kier molecular flexibility index (Phi) is 8.51. The summed E-state index contributed by atoms with van der Waals surface area (Å²) in [5, 5.41) is 2.05. The highest BCUT2D eigenvalue weighted by atomic mass is 32.1.